The summed E-state index contributed by atoms with van der Waals surface area (Å²) in [5.41, 5.74) is 1.70. The van der Waals surface area contributed by atoms with E-state index in [1.165, 1.54) is 0 Å². The highest BCUT2D eigenvalue weighted by Crippen LogP contribution is 2.23. The number of ether oxygens (including phenoxy) is 1. The van der Waals surface area contributed by atoms with Crippen molar-refractivity contribution in [3.05, 3.63) is 35.4 Å². The Morgan fingerprint density at radius 2 is 2.05 bits per heavy atom. The number of carboxylic acids is 1. The van der Waals surface area contributed by atoms with Crippen molar-refractivity contribution in [2.45, 2.75) is 45.2 Å². The predicted molar refractivity (Wildman–Crippen MR) is 82.7 cm³/mol. The number of rotatable bonds is 7. The Kier molecular flexibility index (Phi) is 5.95. The van der Waals surface area contributed by atoms with Gasteiger partial charge in [0.15, 0.2) is 0 Å². The van der Waals surface area contributed by atoms with Crippen molar-refractivity contribution in [1.29, 1.82) is 0 Å². The monoisotopic (exact) mass is 305 g/mol. The number of nitrogens with zero attached hydrogens (tertiary/aromatic N) is 1. The van der Waals surface area contributed by atoms with E-state index in [0.717, 1.165) is 31.5 Å². The van der Waals surface area contributed by atoms with Crippen LogP contribution >= 0.6 is 0 Å². The van der Waals surface area contributed by atoms with Crippen molar-refractivity contribution in [2.24, 2.45) is 0 Å². The highest BCUT2D eigenvalue weighted by molar-refractivity contribution is 5.89. The second-order valence-electron chi connectivity index (χ2n) is 5.62. The third-order valence-corrected chi connectivity index (χ3v) is 4.04. The van der Waals surface area contributed by atoms with Crippen molar-refractivity contribution >= 4 is 11.9 Å². The van der Waals surface area contributed by atoms with E-state index in [9.17, 15) is 9.59 Å². The Balaban J connectivity index is 1.92. The number of carbonyl (C=O) groups is 2. The van der Waals surface area contributed by atoms with Gasteiger partial charge in [0.1, 0.15) is 0 Å². The van der Waals surface area contributed by atoms with Crippen LogP contribution < -0.4 is 0 Å². The summed E-state index contributed by atoms with van der Waals surface area (Å²) in [4.78, 5) is 24.7. The van der Waals surface area contributed by atoms with Crippen LogP contribution in [0.2, 0.25) is 0 Å². The maximum Gasteiger partial charge on any atom is 0.338 e. The number of carboxylic acid groups (broad SMARTS) is 1. The van der Waals surface area contributed by atoms with E-state index in [0.29, 0.717) is 24.6 Å². The highest BCUT2D eigenvalue weighted by atomic mass is 16.5. The molecule has 0 aliphatic carbocycles. The van der Waals surface area contributed by atoms with E-state index in [2.05, 4.69) is 4.90 Å². The van der Waals surface area contributed by atoms with E-state index in [-0.39, 0.29) is 12.4 Å². The van der Waals surface area contributed by atoms with Gasteiger partial charge in [-0.3, -0.25) is 9.69 Å². The fourth-order valence-electron chi connectivity index (χ4n) is 2.92. The van der Waals surface area contributed by atoms with Gasteiger partial charge < -0.3 is 9.84 Å². The number of aliphatic carboxylic acids is 1. The average Bonchev–Trinajstić information content (AvgIpc) is 2.93. The van der Waals surface area contributed by atoms with E-state index in [1.54, 1.807) is 19.1 Å². The minimum atomic E-state index is -0.731. The van der Waals surface area contributed by atoms with Gasteiger partial charge in [-0.2, -0.15) is 0 Å². The molecule has 0 bridgehead atoms. The Labute approximate surface area is 130 Å². The second-order valence-corrected chi connectivity index (χ2v) is 5.62. The quantitative estimate of drug-likeness (QED) is 0.785. The summed E-state index contributed by atoms with van der Waals surface area (Å²) in [6, 6.07) is 7.81. The summed E-state index contributed by atoms with van der Waals surface area (Å²) in [6.45, 7) is 3.97. The molecule has 1 atom stereocenters. The molecule has 5 nitrogen and oxygen atoms in total. The number of carbonyl (C=O) groups excluding carboxylic acids is 1. The summed E-state index contributed by atoms with van der Waals surface area (Å²) in [5.74, 6) is -1.03. The van der Waals surface area contributed by atoms with Crippen LogP contribution in [0.1, 0.15) is 48.5 Å². The van der Waals surface area contributed by atoms with E-state index in [1.807, 2.05) is 12.1 Å². The first-order chi connectivity index (χ1) is 10.6. The van der Waals surface area contributed by atoms with Crippen LogP contribution in [0.5, 0.6) is 0 Å². The summed E-state index contributed by atoms with van der Waals surface area (Å²) in [6.07, 6.45) is 3.11. The smallest absolute Gasteiger partial charge is 0.338 e. The first-order valence-corrected chi connectivity index (χ1v) is 7.82. The minimum Gasteiger partial charge on any atom is -0.481 e. The highest BCUT2D eigenvalue weighted by Gasteiger charge is 2.24. The van der Waals surface area contributed by atoms with Gasteiger partial charge in [-0.1, -0.05) is 12.1 Å². The molecule has 1 aliphatic heterocycles. The Morgan fingerprint density at radius 1 is 1.32 bits per heavy atom. The van der Waals surface area contributed by atoms with Gasteiger partial charge in [-0.05, 0) is 50.4 Å². The predicted octanol–water partition coefficient (Wildman–Crippen LogP) is 2.69. The van der Waals surface area contributed by atoms with Crippen LogP contribution in [0.3, 0.4) is 0 Å². The van der Waals surface area contributed by atoms with Gasteiger partial charge in [0.2, 0.25) is 0 Å². The molecule has 2 rings (SSSR count). The summed E-state index contributed by atoms with van der Waals surface area (Å²) >= 11 is 0. The molecule has 1 fully saturated rings. The first-order valence-electron chi connectivity index (χ1n) is 7.82. The summed E-state index contributed by atoms with van der Waals surface area (Å²) in [7, 11) is 0. The van der Waals surface area contributed by atoms with Crippen LogP contribution in [0, 0.1) is 0 Å². The lowest BCUT2D eigenvalue weighted by molar-refractivity contribution is -0.137. The fraction of sp³-hybridized carbons (Fsp3) is 0.529. The molecular formula is C17H23NO4. The lowest BCUT2D eigenvalue weighted by Gasteiger charge is -2.24. The van der Waals surface area contributed by atoms with Crippen LogP contribution in [-0.4, -0.2) is 41.1 Å². The van der Waals surface area contributed by atoms with Gasteiger partial charge in [0.05, 0.1) is 12.2 Å². The number of esters is 1. The average molecular weight is 305 g/mol. The standard InChI is InChI=1S/C17H23NO4/c1-2-22-17(21)14-7-5-13(6-8-14)12-18-11-3-4-15(18)9-10-16(19)20/h5-8,15H,2-4,9-12H2,1H3,(H,19,20). The number of benzene rings is 1. The molecule has 0 saturated carbocycles. The van der Waals surface area contributed by atoms with Crippen molar-refractivity contribution < 1.29 is 19.4 Å². The second kappa shape index (κ2) is 7.94. The van der Waals surface area contributed by atoms with Crippen molar-refractivity contribution in [2.75, 3.05) is 13.2 Å². The van der Waals surface area contributed by atoms with Gasteiger partial charge >= 0.3 is 11.9 Å². The lowest BCUT2D eigenvalue weighted by Crippen LogP contribution is -2.29. The Hall–Kier alpha value is -1.88. The Bertz CT molecular complexity index is 512. The van der Waals surface area contributed by atoms with E-state index >= 15 is 0 Å². The molecular weight excluding hydrogens is 282 g/mol. The van der Waals surface area contributed by atoms with Crippen LogP contribution in [0.25, 0.3) is 0 Å². The van der Waals surface area contributed by atoms with Crippen molar-refractivity contribution in [3.8, 4) is 0 Å². The largest absolute Gasteiger partial charge is 0.481 e. The third kappa shape index (κ3) is 4.56. The molecule has 22 heavy (non-hydrogen) atoms. The maximum atomic E-state index is 11.6. The molecule has 0 spiro atoms. The van der Waals surface area contributed by atoms with Crippen LogP contribution in [-0.2, 0) is 16.1 Å². The summed E-state index contributed by atoms with van der Waals surface area (Å²) in [5, 5.41) is 8.81. The normalized spacial score (nSPS) is 18.3. The molecule has 0 aromatic heterocycles. The third-order valence-electron chi connectivity index (χ3n) is 4.04. The molecule has 0 amide bonds. The SMILES string of the molecule is CCOC(=O)c1ccc(CN2CCCC2CCC(=O)O)cc1. The van der Waals surface area contributed by atoms with Gasteiger partial charge in [0.25, 0.3) is 0 Å². The first kappa shape index (κ1) is 16.5. The molecule has 1 N–H and O–H groups in total. The van der Waals surface area contributed by atoms with Crippen LogP contribution in [0.4, 0.5) is 0 Å². The fourth-order valence-corrected chi connectivity index (χ4v) is 2.92. The lowest BCUT2D eigenvalue weighted by atomic mass is 10.1. The van der Waals surface area contributed by atoms with Gasteiger partial charge in [-0.15, -0.1) is 0 Å². The van der Waals surface area contributed by atoms with Crippen molar-refractivity contribution in [1.82, 2.24) is 4.90 Å². The van der Waals surface area contributed by atoms with Gasteiger partial charge in [0, 0.05) is 19.0 Å². The zero-order valence-electron chi connectivity index (χ0n) is 13.0. The molecule has 1 aliphatic rings. The zero-order valence-corrected chi connectivity index (χ0v) is 13.0. The molecule has 5 heteroatoms. The molecule has 1 aromatic rings. The topological polar surface area (TPSA) is 66.8 Å². The Morgan fingerprint density at radius 3 is 2.68 bits per heavy atom. The number of likely N-dealkylation sites (tertiary alicyclic amines) is 1. The minimum absolute atomic E-state index is 0.225. The van der Waals surface area contributed by atoms with Crippen LogP contribution in [0.15, 0.2) is 24.3 Å². The number of hydrogen-bond donors (Lipinski definition) is 1. The van der Waals surface area contributed by atoms with Crippen molar-refractivity contribution in [3.63, 3.8) is 0 Å². The molecule has 1 aromatic carbocycles. The summed E-state index contributed by atoms with van der Waals surface area (Å²) < 4.78 is 4.97. The van der Waals surface area contributed by atoms with Gasteiger partial charge in [-0.25, -0.2) is 4.79 Å². The molecule has 120 valence electrons. The molecule has 1 heterocycles. The molecule has 1 saturated heterocycles. The van der Waals surface area contributed by atoms with E-state index in [4.69, 9.17) is 9.84 Å². The zero-order chi connectivity index (χ0) is 15.9. The maximum absolute atomic E-state index is 11.6. The molecule has 1 unspecified atom stereocenters. The molecule has 0 radical (unpaired) electrons. The van der Waals surface area contributed by atoms with E-state index < -0.39 is 5.97 Å². The number of hydrogen-bond acceptors (Lipinski definition) is 4.